The molecule has 0 amide bonds. The van der Waals surface area contributed by atoms with E-state index >= 15 is 0 Å². The van der Waals surface area contributed by atoms with E-state index in [1.807, 2.05) is 12.1 Å². The summed E-state index contributed by atoms with van der Waals surface area (Å²) in [6.07, 6.45) is 10.0. The highest BCUT2D eigenvalue weighted by Gasteiger charge is 2.11. The zero-order chi connectivity index (χ0) is 34.8. The number of rotatable bonds is 6. The van der Waals surface area contributed by atoms with E-state index in [-0.39, 0.29) is 11.0 Å². The number of ether oxygens (including phenoxy) is 2. The molecule has 2 aromatic carbocycles. The summed E-state index contributed by atoms with van der Waals surface area (Å²) in [6, 6.07) is 16.3. The Balaban J connectivity index is 0.000000168. The molecule has 8 nitrogen and oxygen atoms in total. The Kier molecular flexibility index (Phi) is 12.3. The van der Waals surface area contributed by atoms with Crippen molar-refractivity contribution in [3.8, 4) is 0 Å². The Morgan fingerprint density at radius 2 is 1.31 bits per heavy atom. The van der Waals surface area contributed by atoms with Crippen molar-refractivity contribution in [2.75, 3.05) is 20.3 Å². The largest absolute Gasteiger partial charge is 0.465 e. The molecule has 1 aliphatic rings. The third-order valence-corrected chi connectivity index (χ3v) is 7.75. The van der Waals surface area contributed by atoms with Gasteiger partial charge in [0, 0.05) is 78.6 Å². The minimum Gasteiger partial charge on any atom is -0.465 e. The van der Waals surface area contributed by atoms with Crippen molar-refractivity contribution in [3.05, 3.63) is 141 Å². The lowest BCUT2D eigenvalue weighted by molar-refractivity contribution is 0.0600. The molecule has 250 valence electrons. The molecule has 0 N–H and O–H groups in total. The van der Waals surface area contributed by atoms with Gasteiger partial charge >= 0.3 is 5.97 Å². The molecule has 0 bridgehead atoms. The zero-order valence-corrected chi connectivity index (χ0v) is 27.8. The second-order valence-corrected chi connectivity index (χ2v) is 11.9. The summed E-state index contributed by atoms with van der Waals surface area (Å²) in [4.78, 5) is 38.7. The van der Waals surface area contributed by atoms with Gasteiger partial charge in [0.2, 0.25) is 0 Å². The number of carbonyl (C=O) groups excluding carboxylic acids is 2. The van der Waals surface area contributed by atoms with Gasteiger partial charge in [-0.2, -0.15) is 0 Å². The maximum atomic E-state index is 14.1. The van der Waals surface area contributed by atoms with E-state index in [1.54, 1.807) is 42.6 Å². The van der Waals surface area contributed by atoms with Crippen molar-refractivity contribution in [3.63, 3.8) is 0 Å². The van der Waals surface area contributed by atoms with Crippen LogP contribution in [0, 0.1) is 11.6 Å². The fourth-order valence-electron chi connectivity index (χ4n) is 5.09. The molecule has 12 heteroatoms. The molecule has 0 aliphatic carbocycles. The molecule has 4 aromatic heterocycles. The standard InChI is InChI=1S/C17H12ClFN2O2.C16H10ClFN2O.C4H8O/c1-23-17(22)11-2-3-20-14(8-11)5-10-4-12-7-13(18)9-21-16(12)15(19)6-10;17-13-7-12-3-11(6-15(18)16(12)20-8-13)5-14-4-10(9-21)1-2-19-14;1-2-4-5-3-1/h2-4,6-9H,5H2,1H3;1-4,6-9H,5H2;1-4H2. The maximum absolute atomic E-state index is 14.1. The van der Waals surface area contributed by atoms with Gasteiger partial charge in [-0.05, 0) is 84.6 Å². The van der Waals surface area contributed by atoms with E-state index in [9.17, 15) is 18.4 Å². The van der Waals surface area contributed by atoms with Gasteiger partial charge in [-0.3, -0.25) is 24.7 Å². The maximum Gasteiger partial charge on any atom is 0.337 e. The van der Waals surface area contributed by atoms with Crippen LogP contribution >= 0.6 is 23.2 Å². The number of hydrogen-bond acceptors (Lipinski definition) is 8. The second kappa shape index (κ2) is 17.0. The van der Waals surface area contributed by atoms with Crippen molar-refractivity contribution >= 4 is 57.3 Å². The molecule has 0 saturated carbocycles. The van der Waals surface area contributed by atoms with Gasteiger partial charge in [0.1, 0.15) is 29.0 Å². The predicted molar refractivity (Wildman–Crippen MR) is 184 cm³/mol. The lowest BCUT2D eigenvalue weighted by Crippen LogP contribution is -2.03. The van der Waals surface area contributed by atoms with Crippen molar-refractivity contribution < 1.29 is 27.8 Å². The molecule has 49 heavy (non-hydrogen) atoms. The van der Waals surface area contributed by atoms with Crippen molar-refractivity contribution in [2.45, 2.75) is 25.7 Å². The average Bonchev–Trinajstić information content (AvgIpc) is 3.69. The molecule has 0 spiro atoms. The first kappa shape index (κ1) is 35.4. The van der Waals surface area contributed by atoms with Crippen LogP contribution in [0.25, 0.3) is 21.8 Å². The highest BCUT2D eigenvalue weighted by atomic mass is 35.5. The van der Waals surface area contributed by atoms with Crippen LogP contribution in [-0.4, -0.2) is 52.5 Å². The zero-order valence-electron chi connectivity index (χ0n) is 26.3. The van der Waals surface area contributed by atoms with Gasteiger partial charge < -0.3 is 9.47 Å². The highest BCUT2D eigenvalue weighted by Crippen LogP contribution is 2.24. The van der Waals surface area contributed by atoms with Crippen LogP contribution in [0.1, 0.15) is 56.1 Å². The molecular weight excluding hydrogens is 673 g/mol. The summed E-state index contributed by atoms with van der Waals surface area (Å²) in [6.45, 7) is 2.00. The molecule has 1 saturated heterocycles. The topological polar surface area (TPSA) is 104 Å². The number of hydrogen-bond donors (Lipinski definition) is 0. The number of methoxy groups -OCH3 is 1. The molecule has 0 atom stereocenters. The third-order valence-electron chi connectivity index (χ3n) is 7.34. The fraction of sp³-hybridized carbons (Fsp3) is 0.189. The van der Waals surface area contributed by atoms with Crippen molar-refractivity contribution in [2.24, 2.45) is 0 Å². The van der Waals surface area contributed by atoms with E-state index in [0.29, 0.717) is 61.7 Å². The van der Waals surface area contributed by atoms with Crippen LogP contribution in [0.5, 0.6) is 0 Å². The monoisotopic (exact) mass is 702 g/mol. The summed E-state index contributed by atoms with van der Waals surface area (Å²) < 4.78 is 37.8. The first-order valence-electron chi connectivity index (χ1n) is 15.2. The fourth-order valence-corrected chi connectivity index (χ4v) is 5.43. The van der Waals surface area contributed by atoms with Gasteiger partial charge in [-0.15, -0.1) is 0 Å². The van der Waals surface area contributed by atoms with Gasteiger partial charge in [-0.25, -0.2) is 13.6 Å². The van der Waals surface area contributed by atoms with E-state index < -0.39 is 17.6 Å². The molecule has 0 unspecified atom stereocenters. The minimum atomic E-state index is -0.436. The second-order valence-electron chi connectivity index (χ2n) is 11.0. The Hall–Kier alpha value is -4.90. The van der Waals surface area contributed by atoms with Crippen molar-refractivity contribution in [1.82, 2.24) is 19.9 Å². The normalized spacial score (nSPS) is 12.1. The van der Waals surface area contributed by atoms with Gasteiger partial charge in [-0.1, -0.05) is 23.2 Å². The van der Waals surface area contributed by atoms with E-state index in [1.165, 1.54) is 50.7 Å². The predicted octanol–water partition coefficient (Wildman–Crippen LogP) is 8.42. The number of pyridine rings is 4. The number of aldehydes is 1. The number of aromatic nitrogens is 4. The Bertz CT molecular complexity index is 2100. The number of carbonyl (C=O) groups is 2. The number of fused-ring (bicyclic) bond motifs is 2. The summed E-state index contributed by atoms with van der Waals surface area (Å²) in [5.74, 6) is -1.25. The van der Waals surface area contributed by atoms with Crippen LogP contribution in [0.4, 0.5) is 8.78 Å². The smallest absolute Gasteiger partial charge is 0.337 e. The molecule has 0 radical (unpaired) electrons. The summed E-state index contributed by atoms with van der Waals surface area (Å²) in [7, 11) is 1.32. The van der Waals surface area contributed by atoms with Crippen LogP contribution in [0.3, 0.4) is 0 Å². The van der Waals surface area contributed by atoms with Crippen LogP contribution < -0.4 is 0 Å². The number of halogens is 4. The molecule has 7 rings (SSSR count). The van der Waals surface area contributed by atoms with E-state index in [0.717, 1.165) is 25.1 Å². The molecule has 5 heterocycles. The number of nitrogens with zero attached hydrogens (tertiary/aromatic N) is 4. The van der Waals surface area contributed by atoms with Crippen LogP contribution in [0.2, 0.25) is 10.0 Å². The molecule has 6 aromatic rings. The number of esters is 1. The van der Waals surface area contributed by atoms with Crippen LogP contribution in [-0.2, 0) is 22.3 Å². The molecule has 1 fully saturated rings. The number of benzene rings is 2. The van der Waals surface area contributed by atoms with E-state index in [2.05, 4.69) is 24.7 Å². The Labute approximate surface area is 291 Å². The van der Waals surface area contributed by atoms with Crippen molar-refractivity contribution in [1.29, 1.82) is 0 Å². The summed E-state index contributed by atoms with van der Waals surface area (Å²) in [5.41, 5.74) is 4.32. The van der Waals surface area contributed by atoms with Gasteiger partial charge in [0.25, 0.3) is 0 Å². The highest BCUT2D eigenvalue weighted by molar-refractivity contribution is 6.31. The first-order valence-corrected chi connectivity index (χ1v) is 16.0. The van der Waals surface area contributed by atoms with E-state index in [4.69, 9.17) is 27.9 Å². The van der Waals surface area contributed by atoms with Gasteiger partial charge in [0.05, 0.1) is 22.7 Å². The Morgan fingerprint density at radius 3 is 1.80 bits per heavy atom. The lowest BCUT2D eigenvalue weighted by Gasteiger charge is -2.06. The molecule has 1 aliphatic heterocycles. The lowest BCUT2D eigenvalue weighted by atomic mass is 10.0. The van der Waals surface area contributed by atoms with Gasteiger partial charge in [0.15, 0.2) is 0 Å². The quantitative estimate of drug-likeness (QED) is 0.126. The summed E-state index contributed by atoms with van der Waals surface area (Å²) in [5, 5.41) is 2.17. The average molecular weight is 704 g/mol. The summed E-state index contributed by atoms with van der Waals surface area (Å²) >= 11 is 11.8. The SMILES string of the molecule is C1CCOC1.COC(=O)c1ccnc(Cc2cc(F)c3ncc(Cl)cc3c2)c1.O=Cc1ccnc(Cc2cc(F)c3ncc(Cl)cc3c2)c1. The van der Waals surface area contributed by atoms with Crippen LogP contribution in [0.15, 0.2) is 85.5 Å². The minimum absolute atomic E-state index is 0.273. The molecular formula is C37H30Cl2F2N4O4. The Morgan fingerprint density at radius 1 is 0.776 bits per heavy atom. The first-order chi connectivity index (χ1) is 23.7. The third kappa shape index (κ3) is 9.82.